The van der Waals surface area contributed by atoms with Crippen LogP contribution in [0.15, 0.2) is 18.2 Å². The molecule has 0 atom stereocenters. The molecule has 0 heterocycles. The van der Waals surface area contributed by atoms with Crippen molar-refractivity contribution in [1.82, 2.24) is 5.32 Å². The van der Waals surface area contributed by atoms with Gasteiger partial charge in [-0.2, -0.15) is 0 Å². The lowest BCUT2D eigenvalue weighted by molar-refractivity contribution is 0.0902. The van der Waals surface area contributed by atoms with Crippen LogP contribution >= 0.6 is 11.6 Å². The van der Waals surface area contributed by atoms with Crippen LogP contribution in [0.5, 0.6) is 5.75 Å². The molecule has 0 aliphatic heterocycles. The van der Waals surface area contributed by atoms with Crippen LogP contribution in [-0.2, 0) is 0 Å². The Bertz CT molecular complexity index is 439. The summed E-state index contributed by atoms with van der Waals surface area (Å²) in [5.74, 6) is -0.443. The monoisotopic (exact) mass is 287 g/mol. The lowest BCUT2D eigenvalue weighted by atomic mass is 9.94. The van der Waals surface area contributed by atoms with E-state index in [0.717, 1.165) is 12.8 Å². The number of carbonyl (C=O) groups is 1. The van der Waals surface area contributed by atoms with E-state index in [0.29, 0.717) is 5.88 Å². The van der Waals surface area contributed by atoms with Gasteiger partial charge in [-0.1, -0.05) is 13.8 Å². The van der Waals surface area contributed by atoms with Gasteiger partial charge in [0.2, 0.25) is 0 Å². The molecule has 3 nitrogen and oxygen atoms in total. The van der Waals surface area contributed by atoms with Crippen molar-refractivity contribution in [2.45, 2.75) is 32.2 Å². The van der Waals surface area contributed by atoms with Crippen molar-refractivity contribution in [1.29, 1.82) is 0 Å². The third-order valence-corrected chi connectivity index (χ3v) is 3.91. The summed E-state index contributed by atoms with van der Waals surface area (Å²) >= 11 is 5.93. The molecule has 0 radical (unpaired) electrons. The van der Waals surface area contributed by atoms with Crippen LogP contribution in [0.4, 0.5) is 4.39 Å². The predicted octanol–water partition coefficient (Wildman–Crippen LogP) is 3.36. The van der Waals surface area contributed by atoms with Crippen molar-refractivity contribution in [3.05, 3.63) is 29.6 Å². The van der Waals surface area contributed by atoms with E-state index in [9.17, 15) is 9.18 Å². The Morgan fingerprint density at radius 3 is 2.47 bits per heavy atom. The zero-order valence-corrected chi connectivity index (χ0v) is 12.2. The first-order valence-electron chi connectivity index (χ1n) is 6.24. The van der Waals surface area contributed by atoms with E-state index in [1.54, 1.807) is 0 Å². The van der Waals surface area contributed by atoms with Gasteiger partial charge in [0.1, 0.15) is 0 Å². The molecule has 0 spiro atoms. The number of benzene rings is 1. The van der Waals surface area contributed by atoms with Crippen LogP contribution in [-0.4, -0.2) is 24.4 Å². The van der Waals surface area contributed by atoms with Crippen molar-refractivity contribution < 1.29 is 13.9 Å². The first-order valence-corrected chi connectivity index (χ1v) is 6.77. The third kappa shape index (κ3) is 3.60. The number of rotatable bonds is 6. The number of hydrogen-bond donors (Lipinski definition) is 1. The second-order valence-corrected chi connectivity index (χ2v) is 4.69. The molecule has 1 aromatic rings. The number of halogens is 2. The lowest BCUT2D eigenvalue weighted by Gasteiger charge is -2.30. The Hall–Kier alpha value is -1.29. The fourth-order valence-electron chi connectivity index (χ4n) is 1.77. The summed E-state index contributed by atoms with van der Waals surface area (Å²) in [7, 11) is 1.38. The number of hydrogen-bond acceptors (Lipinski definition) is 2. The molecule has 1 aromatic carbocycles. The highest BCUT2D eigenvalue weighted by Gasteiger charge is 2.27. The molecule has 0 saturated carbocycles. The zero-order chi connectivity index (χ0) is 14.5. The molecule has 19 heavy (non-hydrogen) atoms. The summed E-state index contributed by atoms with van der Waals surface area (Å²) in [5, 5.41) is 2.88. The van der Waals surface area contributed by atoms with Crippen molar-refractivity contribution in [2.75, 3.05) is 13.0 Å². The maximum absolute atomic E-state index is 13.6. The molecule has 1 N–H and O–H groups in total. The maximum atomic E-state index is 13.6. The van der Waals surface area contributed by atoms with Gasteiger partial charge in [0, 0.05) is 11.4 Å². The highest BCUT2D eigenvalue weighted by Crippen LogP contribution is 2.20. The van der Waals surface area contributed by atoms with Crippen LogP contribution < -0.4 is 10.1 Å². The highest BCUT2D eigenvalue weighted by molar-refractivity contribution is 6.19. The van der Waals surface area contributed by atoms with Crippen LogP contribution in [0.25, 0.3) is 0 Å². The maximum Gasteiger partial charge on any atom is 0.251 e. The Morgan fingerprint density at radius 2 is 2.05 bits per heavy atom. The molecule has 0 aliphatic carbocycles. The molecule has 0 aromatic heterocycles. The molecule has 0 saturated heterocycles. The van der Waals surface area contributed by atoms with Gasteiger partial charge >= 0.3 is 0 Å². The van der Waals surface area contributed by atoms with E-state index in [1.807, 2.05) is 13.8 Å². The molecule has 1 rings (SSSR count). The van der Waals surface area contributed by atoms with E-state index in [-0.39, 0.29) is 17.2 Å². The summed E-state index contributed by atoms with van der Waals surface area (Å²) in [6.07, 6.45) is 1.44. The lowest BCUT2D eigenvalue weighted by Crippen LogP contribution is -2.49. The number of ether oxygens (including phenoxy) is 1. The van der Waals surface area contributed by atoms with E-state index in [1.165, 1.54) is 25.3 Å². The minimum Gasteiger partial charge on any atom is -0.494 e. The first kappa shape index (κ1) is 15.8. The minimum atomic E-state index is -0.556. The molecular weight excluding hydrogens is 269 g/mol. The summed E-state index contributed by atoms with van der Waals surface area (Å²) in [6, 6.07) is 4.13. The summed E-state index contributed by atoms with van der Waals surface area (Å²) in [4.78, 5) is 12.1. The number of methoxy groups -OCH3 is 1. The Morgan fingerprint density at radius 1 is 1.42 bits per heavy atom. The topological polar surface area (TPSA) is 38.3 Å². The molecule has 1 amide bonds. The second-order valence-electron chi connectivity index (χ2n) is 4.42. The van der Waals surface area contributed by atoms with Crippen LogP contribution in [0.2, 0.25) is 0 Å². The van der Waals surface area contributed by atoms with Gasteiger partial charge in [0.25, 0.3) is 5.91 Å². The standard InChI is InChI=1S/C14H19ClFNO2/c1-4-14(5-2,9-15)17-13(18)10-6-7-12(19-3)11(16)8-10/h6-8H,4-5,9H2,1-3H3,(H,17,18). The van der Waals surface area contributed by atoms with Gasteiger partial charge in [0.05, 0.1) is 12.6 Å². The number of carbonyl (C=O) groups excluding carboxylic acids is 1. The van der Waals surface area contributed by atoms with E-state index >= 15 is 0 Å². The molecule has 0 aliphatic rings. The largest absolute Gasteiger partial charge is 0.494 e. The Kier molecular flexibility index (Phi) is 5.60. The fourth-order valence-corrected chi connectivity index (χ4v) is 2.21. The van der Waals surface area contributed by atoms with Crippen LogP contribution in [0, 0.1) is 5.82 Å². The Labute approximate surface area is 118 Å². The van der Waals surface area contributed by atoms with Gasteiger partial charge in [-0.15, -0.1) is 11.6 Å². The van der Waals surface area contributed by atoms with Crippen molar-refractivity contribution >= 4 is 17.5 Å². The van der Waals surface area contributed by atoms with Crippen LogP contribution in [0.3, 0.4) is 0 Å². The van der Waals surface area contributed by atoms with Crippen molar-refractivity contribution in [2.24, 2.45) is 0 Å². The molecule has 0 bridgehead atoms. The molecule has 0 fully saturated rings. The minimum absolute atomic E-state index is 0.117. The summed E-state index contributed by atoms with van der Waals surface area (Å²) in [5.41, 5.74) is -0.190. The predicted molar refractivity (Wildman–Crippen MR) is 74.5 cm³/mol. The highest BCUT2D eigenvalue weighted by atomic mass is 35.5. The van der Waals surface area contributed by atoms with Gasteiger partial charge in [-0.05, 0) is 31.0 Å². The average Bonchev–Trinajstić information content (AvgIpc) is 2.44. The first-order chi connectivity index (χ1) is 9.01. The molecule has 0 unspecified atom stereocenters. The number of alkyl halides is 1. The Balaban J connectivity index is 2.92. The molecule has 5 heteroatoms. The van der Waals surface area contributed by atoms with E-state index in [2.05, 4.69) is 5.32 Å². The average molecular weight is 288 g/mol. The van der Waals surface area contributed by atoms with E-state index in [4.69, 9.17) is 16.3 Å². The SMILES string of the molecule is CCC(CC)(CCl)NC(=O)c1ccc(OC)c(F)c1. The summed E-state index contributed by atoms with van der Waals surface area (Å²) in [6.45, 7) is 3.92. The normalized spacial score (nSPS) is 11.2. The van der Waals surface area contributed by atoms with Gasteiger partial charge in [0.15, 0.2) is 11.6 Å². The number of amides is 1. The van der Waals surface area contributed by atoms with Gasteiger partial charge in [-0.3, -0.25) is 4.79 Å². The quantitative estimate of drug-likeness (QED) is 0.815. The van der Waals surface area contributed by atoms with E-state index < -0.39 is 11.4 Å². The third-order valence-electron chi connectivity index (χ3n) is 3.40. The summed E-state index contributed by atoms with van der Waals surface area (Å²) < 4.78 is 18.4. The smallest absolute Gasteiger partial charge is 0.251 e. The van der Waals surface area contributed by atoms with Gasteiger partial charge in [-0.25, -0.2) is 4.39 Å². The number of nitrogens with one attached hydrogen (secondary N) is 1. The van der Waals surface area contributed by atoms with Gasteiger partial charge < -0.3 is 10.1 Å². The van der Waals surface area contributed by atoms with Crippen molar-refractivity contribution in [3.63, 3.8) is 0 Å². The molecule has 106 valence electrons. The second kappa shape index (κ2) is 6.75. The fraction of sp³-hybridized carbons (Fsp3) is 0.500. The van der Waals surface area contributed by atoms with Crippen LogP contribution in [0.1, 0.15) is 37.0 Å². The molecular formula is C14H19ClFNO2. The zero-order valence-electron chi connectivity index (χ0n) is 11.4. The van der Waals surface area contributed by atoms with Crippen molar-refractivity contribution in [3.8, 4) is 5.75 Å².